The Morgan fingerprint density at radius 3 is 2.54 bits per heavy atom. The molecule has 2 N–H and O–H groups in total. The Bertz CT molecular complexity index is 865. The Labute approximate surface area is 151 Å². The molecule has 1 aromatic rings. The summed E-state index contributed by atoms with van der Waals surface area (Å²) < 4.78 is 22.9. The van der Waals surface area contributed by atoms with Gasteiger partial charge in [-0.25, -0.2) is 13.2 Å². The van der Waals surface area contributed by atoms with Gasteiger partial charge in [0.25, 0.3) is 5.91 Å². The van der Waals surface area contributed by atoms with Crippen LogP contribution in [0.5, 0.6) is 0 Å². The van der Waals surface area contributed by atoms with Gasteiger partial charge in [0, 0.05) is 6.04 Å². The van der Waals surface area contributed by atoms with Crippen LogP contribution in [-0.2, 0) is 25.0 Å². The highest BCUT2D eigenvalue weighted by Gasteiger charge is 2.49. The Balaban J connectivity index is 1.69. The third-order valence-corrected chi connectivity index (χ3v) is 6.57. The number of hydrogen-bond acceptors (Lipinski definition) is 5. The zero-order valence-corrected chi connectivity index (χ0v) is 15.4. The second kappa shape index (κ2) is 6.39. The molecule has 9 heteroatoms. The Morgan fingerprint density at radius 1 is 1.31 bits per heavy atom. The van der Waals surface area contributed by atoms with Gasteiger partial charge in [-0.2, -0.15) is 0 Å². The molecule has 3 rings (SSSR count). The third-order valence-electron chi connectivity index (χ3n) is 4.80. The highest BCUT2D eigenvalue weighted by Crippen LogP contribution is 2.28. The van der Waals surface area contributed by atoms with Gasteiger partial charge in [0.05, 0.1) is 11.5 Å². The van der Waals surface area contributed by atoms with E-state index in [1.165, 1.54) is 0 Å². The first-order valence-electron chi connectivity index (χ1n) is 8.32. The van der Waals surface area contributed by atoms with Crippen molar-refractivity contribution in [1.29, 1.82) is 0 Å². The summed E-state index contributed by atoms with van der Waals surface area (Å²) in [5.41, 5.74) is 0.421. The number of amides is 4. The van der Waals surface area contributed by atoms with E-state index >= 15 is 0 Å². The van der Waals surface area contributed by atoms with E-state index in [9.17, 15) is 22.8 Å². The zero-order chi connectivity index (χ0) is 19.1. The van der Waals surface area contributed by atoms with E-state index in [1.54, 1.807) is 19.1 Å². The summed E-state index contributed by atoms with van der Waals surface area (Å²) in [6.45, 7) is 3.07. The predicted molar refractivity (Wildman–Crippen MR) is 94.0 cm³/mol. The number of sulfone groups is 1. The smallest absolute Gasteiger partial charge is 0.325 e. The molecule has 1 aromatic carbocycles. The summed E-state index contributed by atoms with van der Waals surface area (Å²) in [5, 5.41) is 5.22. The molecule has 0 bridgehead atoms. The number of aryl methyl sites for hydroxylation is 1. The van der Waals surface area contributed by atoms with Gasteiger partial charge in [0.1, 0.15) is 12.1 Å². The summed E-state index contributed by atoms with van der Waals surface area (Å²) in [6.07, 6.45) is 0.343. The van der Waals surface area contributed by atoms with Gasteiger partial charge in [0.15, 0.2) is 9.84 Å². The maximum Gasteiger partial charge on any atom is 0.325 e. The fourth-order valence-electron chi connectivity index (χ4n) is 3.25. The summed E-state index contributed by atoms with van der Waals surface area (Å²) in [6, 6.07) is 6.09. The van der Waals surface area contributed by atoms with E-state index in [-0.39, 0.29) is 11.5 Å². The van der Waals surface area contributed by atoms with Crippen LogP contribution in [0.25, 0.3) is 0 Å². The minimum Gasteiger partial charge on any atom is -0.351 e. The van der Waals surface area contributed by atoms with Crippen LogP contribution in [0.4, 0.5) is 4.79 Å². The van der Waals surface area contributed by atoms with Crippen LogP contribution >= 0.6 is 0 Å². The number of nitrogens with one attached hydrogen (secondary N) is 2. The summed E-state index contributed by atoms with van der Waals surface area (Å²) >= 11 is 0. The Kier molecular flexibility index (Phi) is 4.51. The van der Waals surface area contributed by atoms with Gasteiger partial charge < -0.3 is 10.6 Å². The number of carbonyl (C=O) groups is 3. The SMILES string of the molecule is Cc1ccc([C@]2(C)NC(=O)N(CC(=O)N[C@H]3CCS(=O)(=O)C3)C2=O)cc1. The van der Waals surface area contributed by atoms with Crippen molar-refractivity contribution in [3.63, 3.8) is 0 Å². The maximum absolute atomic E-state index is 12.8. The molecule has 0 aliphatic carbocycles. The minimum absolute atomic E-state index is 0.0343. The quantitative estimate of drug-likeness (QED) is 0.719. The van der Waals surface area contributed by atoms with Crippen molar-refractivity contribution in [2.45, 2.75) is 31.8 Å². The number of rotatable bonds is 4. The molecular weight excluding hydrogens is 358 g/mol. The third kappa shape index (κ3) is 3.44. The molecule has 2 saturated heterocycles. The largest absolute Gasteiger partial charge is 0.351 e. The minimum atomic E-state index is -3.12. The van der Waals surface area contributed by atoms with E-state index < -0.39 is 45.8 Å². The van der Waals surface area contributed by atoms with Gasteiger partial charge in [0.2, 0.25) is 5.91 Å². The van der Waals surface area contributed by atoms with Crippen molar-refractivity contribution in [3.05, 3.63) is 35.4 Å². The van der Waals surface area contributed by atoms with Crippen LogP contribution in [0, 0.1) is 6.92 Å². The lowest BCUT2D eigenvalue weighted by molar-refractivity contribution is -0.135. The van der Waals surface area contributed by atoms with Gasteiger partial charge in [-0.1, -0.05) is 29.8 Å². The Hall–Kier alpha value is -2.42. The molecule has 2 atom stereocenters. The van der Waals surface area contributed by atoms with Crippen molar-refractivity contribution in [1.82, 2.24) is 15.5 Å². The predicted octanol–water partition coefficient (Wildman–Crippen LogP) is 0.0653. The van der Waals surface area contributed by atoms with Gasteiger partial charge >= 0.3 is 6.03 Å². The lowest BCUT2D eigenvalue weighted by Gasteiger charge is -2.22. The van der Waals surface area contributed by atoms with E-state index in [0.29, 0.717) is 12.0 Å². The summed E-state index contributed by atoms with van der Waals surface area (Å²) in [4.78, 5) is 38.0. The molecule has 2 aliphatic heterocycles. The lowest BCUT2D eigenvalue weighted by Crippen LogP contribution is -2.45. The molecule has 0 saturated carbocycles. The highest BCUT2D eigenvalue weighted by atomic mass is 32.2. The van der Waals surface area contributed by atoms with Crippen LogP contribution in [0.2, 0.25) is 0 Å². The van der Waals surface area contributed by atoms with Crippen molar-refractivity contribution < 1.29 is 22.8 Å². The Morgan fingerprint density at radius 2 is 1.96 bits per heavy atom. The number of urea groups is 1. The summed E-state index contributed by atoms with van der Waals surface area (Å²) in [7, 11) is -3.12. The van der Waals surface area contributed by atoms with Gasteiger partial charge in [-0.3, -0.25) is 14.5 Å². The molecule has 0 unspecified atom stereocenters. The molecule has 2 aliphatic rings. The molecule has 2 fully saturated rings. The zero-order valence-electron chi connectivity index (χ0n) is 14.6. The second-order valence-corrected chi connectivity index (χ2v) is 9.21. The molecule has 8 nitrogen and oxygen atoms in total. The monoisotopic (exact) mass is 379 g/mol. The van der Waals surface area contributed by atoms with Gasteiger partial charge in [-0.15, -0.1) is 0 Å². The molecular formula is C17H21N3O5S. The average molecular weight is 379 g/mol. The molecule has 0 spiro atoms. The first-order valence-corrected chi connectivity index (χ1v) is 10.1. The number of hydrogen-bond donors (Lipinski definition) is 2. The highest BCUT2D eigenvalue weighted by molar-refractivity contribution is 7.91. The molecule has 4 amide bonds. The standard InChI is InChI=1S/C17H21N3O5S/c1-11-3-5-12(6-4-11)17(2)15(22)20(16(23)19-17)9-14(21)18-13-7-8-26(24,25)10-13/h3-6,13H,7-10H2,1-2H3,(H,18,21)(H,19,23)/t13-,17-/m0/s1. The van der Waals surface area contributed by atoms with E-state index in [1.807, 2.05) is 19.1 Å². The van der Waals surface area contributed by atoms with E-state index in [0.717, 1.165) is 10.5 Å². The number of benzene rings is 1. The van der Waals surface area contributed by atoms with Crippen molar-refractivity contribution in [2.75, 3.05) is 18.1 Å². The first-order chi connectivity index (χ1) is 12.1. The summed E-state index contributed by atoms with van der Waals surface area (Å²) in [5.74, 6) is -1.14. The van der Waals surface area contributed by atoms with Crippen LogP contribution in [0.15, 0.2) is 24.3 Å². The number of imide groups is 1. The van der Waals surface area contributed by atoms with Gasteiger partial charge in [-0.05, 0) is 25.8 Å². The fraction of sp³-hybridized carbons (Fsp3) is 0.471. The maximum atomic E-state index is 12.8. The average Bonchev–Trinajstić information content (AvgIpc) is 3.00. The lowest BCUT2D eigenvalue weighted by atomic mass is 9.91. The molecule has 140 valence electrons. The van der Waals surface area contributed by atoms with E-state index in [4.69, 9.17) is 0 Å². The van der Waals surface area contributed by atoms with Crippen LogP contribution in [-0.4, -0.2) is 55.3 Å². The fourth-order valence-corrected chi connectivity index (χ4v) is 4.92. The molecule has 0 aromatic heterocycles. The van der Waals surface area contributed by atoms with Crippen LogP contribution < -0.4 is 10.6 Å². The molecule has 26 heavy (non-hydrogen) atoms. The van der Waals surface area contributed by atoms with Crippen LogP contribution in [0.3, 0.4) is 0 Å². The topological polar surface area (TPSA) is 113 Å². The normalized spacial score (nSPS) is 27.5. The molecule has 2 heterocycles. The van der Waals surface area contributed by atoms with Crippen LogP contribution in [0.1, 0.15) is 24.5 Å². The second-order valence-electron chi connectivity index (χ2n) is 6.98. The van der Waals surface area contributed by atoms with E-state index in [2.05, 4.69) is 10.6 Å². The van der Waals surface area contributed by atoms with Crippen molar-refractivity contribution in [2.24, 2.45) is 0 Å². The van der Waals surface area contributed by atoms with Crippen molar-refractivity contribution >= 4 is 27.7 Å². The first kappa shape index (κ1) is 18.4. The number of nitrogens with zero attached hydrogens (tertiary/aromatic N) is 1. The molecule has 0 radical (unpaired) electrons. The van der Waals surface area contributed by atoms with Crippen molar-refractivity contribution in [3.8, 4) is 0 Å². The number of carbonyl (C=O) groups excluding carboxylic acids is 3.